The van der Waals surface area contributed by atoms with Gasteiger partial charge in [0, 0.05) is 12.6 Å². The molecule has 112 valence electrons. The van der Waals surface area contributed by atoms with E-state index in [1.165, 1.54) is 11.3 Å². The Morgan fingerprint density at radius 2 is 2.20 bits per heavy atom. The summed E-state index contributed by atoms with van der Waals surface area (Å²) in [5, 5.41) is 4.50. The van der Waals surface area contributed by atoms with Crippen molar-refractivity contribution in [3.63, 3.8) is 0 Å². The van der Waals surface area contributed by atoms with E-state index in [0.29, 0.717) is 0 Å². The fraction of sp³-hybridized carbons (Fsp3) is 0.667. The molecule has 2 rings (SSSR count). The van der Waals surface area contributed by atoms with E-state index in [1.54, 1.807) is 0 Å². The predicted molar refractivity (Wildman–Crippen MR) is 87.4 cm³/mol. The van der Waals surface area contributed by atoms with Crippen LogP contribution in [-0.4, -0.2) is 41.4 Å². The fourth-order valence-electron chi connectivity index (χ4n) is 2.91. The van der Waals surface area contributed by atoms with Gasteiger partial charge in [0.1, 0.15) is 0 Å². The van der Waals surface area contributed by atoms with E-state index in [9.17, 15) is 0 Å². The van der Waals surface area contributed by atoms with Crippen molar-refractivity contribution in [2.24, 2.45) is 11.1 Å². The zero-order valence-electron chi connectivity index (χ0n) is 12.9. The van der Waals surface area contributed by atoms with Crippen molar-refractivity contribution in [2.45, 2.75) is 39.3 Å². The third-order valence-corrected chi connectivity index (χ3v) is 4.31. The Bertz CT molecular complexity index is 502. The first-order valence-corrected chi connectivity index (χ1v) is 7.90. The molecule has 20 heavy (non-hydrogen) atoms. The van der Waals surface area contributed by atoms with Crippen LogP contribution in [0.15, 0.2) is 16.7 Å². The summed E-state index contributed by atoms with van der Waals surface area (Å²) in [6.45, 7) is 6.44. The Kier molecular flexibility index (Phi) is 4.72. The second kappa shape index (κ2) is 6.00. The van der Waals surface area contributed by atoms with E-state index < -0.39 is 0 Å². The van der Waals surface area contributed by atoms with Crippen LogP contribution in [0.25, 0.3) is 5.57 Å². The van der Waals surface area contributed by atoms with Gasteiger partial charge >= 0.3 is 0 Å². The molecule has 0 amide bonds. The first-order valence-electron chi connectivity index (χ1n) is 7.11. The topological polar surface area (TPSA) is 47.1 Å². The van der Waals surface area contributed by atoms with Gasteiger partial charge < -0.3 is 10.6 Å². The Morgan fingerprint density at radius 3 is 2.80 bits per heavy atom. The first kappa shape index (κ1) is 15.7. The maximum Gasteiger partial charge on any atom is 0.0782 e. The quantitative estimate of drug-likeness (QED) is 0.916. The molecule has 2 N–H and O–H groups in total. The number of allylic oxidation sites excluding steroid dienone is 1. The predicted octanol–water partition coefficient (Wildman–Crippen LogP) is 2.74. The Hall–Kier alpha value is -0.650. The average Bonchev–Trinajstić information content (AvgIpc) is 2.65. The van der Waals surface area contributed by atoms with Crippen LogP contribution in [0.4, 0.5) is 0 Å². The number of rotatable bonds is 4. The van der Waals surface area contributed by atoms with Crippen molar-refractivity contribution in [1.82, 2.24) is 14.7 Å². The Labute approximate surface area is 130 Å². The van der Waals surface area contributed by atoms with Crippen molar-refractivity contribution in [1.29, 1.82) is 0 Å². The highest BCUT2D eigenvalue weighted by Crippen LogP contribution is 2.40. The normalized spacial score (nSPS) is 22.1. The molecule has 1 aromatic heterocycles. The van der Waals surface area contributed by atoms with Crippen LogP contribution in [0.1, 0.15) is 32.4 Å². The van der Waals surface area contributed by atoms with Crippen molar-refractivity contribution in [3.8, 4) is 0 Å². The monoisotopic (exact) mass is 340 g/mol. The van der Waals surface area contributed by atoms with Crippen LogP contribution < -0.4 is 5.73 Å². The van der Waals surface area contributed by atoms with Crippen molar-refractivity contribution in [3.05, 3.63) is 22.4 Å². The molecule has 1 heterocycles. The molecule has 0 aromatic carbocycles. The number of aromatic nitrogens is 2. The van der Waals surface area contributed by atoms with Crippen LogP contribution in [0.3, 0.4) is 0 Å². The lowest BCUT2D eigenvalue weighted by Gasteiger charge is -2.33. The third-order valence-electron chi connectivity index (χ3n) is 3.73. The number of likely N-dealkylation sites (N-methyl/N-ethyl adjacent to an activating group) is 1. The molecule has 0 saturated heterocycles. The summed E-state index contributed by atoms with van der Waals surface area (Å²) in [5.74, 6) is 0. The van der Waals surface area contributed by atoms with E-state index in [4.69, 9.17) is 5.73 Å². The number of hydrogen-bond donors (Lipinski definition) is 1. The summed E-state index contributed by atoms with van der Waals surface area (Å²) in [4.78, 5) is 2.17. The molecular formula is C15H25BrN4. The largest absolute Gasteiger partial charge is 0.324 e. The van der Waals surface area contributed by atoms with E-state index >= 15 is 0 Å². The highest BCUT2D eigenvalue weighted by atomic mass is 79.9. The molecule has 1 aromatic rings. The standard InChI is InChI=1S/C15H25BrN4/c1-15(2)8-11(7-12(17)9-15)14-13(16)10-18-20(14)6-5-19(3)4/h7,10,12H,5-6,8-9,17H2,1-4H3. The maximum absolute atomic E-state index is 6.20. The molecule has 1 unspecified atom stereocenters. The van der Waals surface area contributed by atoms with Gasteiger partial charge in [0.2, 0.25) is 0 Å². The summed E-state index contributed by atoms with van der Waals surface area (Å²) in [5.41, 5.74) is 8.96. The molecule has 1 aliphatic carbocycles. The molecule has 4 nitrogen and oxygen atoms in total. The van der Waals surface area contributed by atoms with Gasteiger partial charge in [0.25, 0.3) is 0 Å². The SMILES string of the molecule is CN(C)CCn1ncc(Br)c1C1=CC(N)CC(C)(C)C1. The molecule has 0 radical (unpaired) electrons. The van der Waals surface area contributed by atoms with Crippen molar-refractivity contribution < 1.29 is 0 Å². The highest BCUT2D eigenvalue weighted by molar-refractivity contribution is 9.10. The lowest BCUT2D eigenvalue weighted by Crippen LogP contribution is -2.31. The molecule has 0 bridgehead atoms. The summed E-state index contributed by atoms with van der Waals surface area (Å²) in [6.07, 6.45) is 6.19. The summed E-state index contributed by atoms with van der Waals surface area (Å²) < 4.78 is 3.15. The van der Waals surface area contributed by atoms with Crippen molar-refractivity contribution in [2.75, 3.05) is 20.6 Å². The molecule has 0 fully saturated rings. The molecule has 0 saturated carbocycles. The van der Waals surface area contributed by atoms with Gasteiger partial charge in [-0.2, -0.15) is 5.10 Å². The van der Waals surface area contributed by atoms with Gasteiger partial charge in [-0.25, -0.2) is 0 Å². The van der Waals surface area contributed by atoms with Crippen LogP contribution in [0, 0.1) is 5.41 Å². The van der Waals surface area contributed by atoms with Crippen LogP contribution in [-0.2, 0) is 6.54 Å². The molecule has 1 aliphatic rings. The smallest absolute Gasteiger partial charge is 0.0782 e. The maximum atomic E-state index is 6.20. The number of halogens is 1. The first-order chi connectivity index (χ1) is 9.28. The van der Waals surface area contributed by atoms with Crippen molar-refractivity contribution >= 4 is 21.5 Å². The third kappa shape index (κ3) is 3.71. The van der Waals surface area contributed by atoms with Gasteiger partial charge in [-0.3, -0.25) is 4.68 Å². The molecule has 0 aliphatic heterocycles. The zero-order chi connectivity index (χ0) is 14.9. The number of nitrogens with two attached hydrogens (primary N) is 1. The van der Waals surface area contributed by atoms with E-state index in [-0.39, 0.29) is 11.5 Å². The van der Waals surface area contributed by atoms with Gasteiger partial charge in [0.15, 0.2) is 0 Å². The number of hydrogen-bond acceptors (Lipinski definition) is 3. The molecular weight excluding hydrogens is 316 g/mol. The lowest BCUT2D eigenvalue weighted by molar-refractivity contribution is 0.317. The molecule has 5 heteroatoms. The second-order valence-electron chi connectivity index (χ2n) is 6.77. The zero-order valence-corrected chi connectivity index (χ0v) is 14.4. The number of nitrogens with zero attached hydrogens (tertiary/aromatic N) is 3. The minimum absolute atomic E-state index is 0.137. The minimum atomic E-state index is 0.137. The summed E-state index contributed by atoms with van der Waals surface area (Å²) in [7, 11) is 4.16. The summed E-state index contributed by atoms with van der Waals surface area (Å²) >= 11 is 3.64. The fourth-order valence-corrected chi connectivity index (χ4v) is 3.46. The van der Waals surface area contributed by atoms with Crippen LogP contribution in [0.5, 0.6) is 0 Å². The molecule has 1 atom stereocenters. The van der Waals surface area contributed by atoms with E-state index in [1.807, 2.05) is 6.20 Å². The Balaban J connectivity index is 2.30. The van der Waals surface area contributed by atoms with Crippen LogP contribution in [0.2, 0.25) is 0 Å². The Morgan fingerprint density at radius 1 is 1.50 bits per heavy atom. The van der Waals surface area contributed by atoms with Gasteiger partial charge in [-0.1, -0.05) is 19.9 Å². The summed E-state index contributed by atoms with van der Waals surface area (Å²) in [6, 6.07) is 0.137. The van der Waals surface area contributed by atoms with E-state index in [2.05, 4.69) is 64.6 Å². The van der Waals surface area contributed by atoms with Gasteiger partial charge in [0.05, 0.1) is 22.9 Å². The molecule has 0 spiro atoms. The second-order valence-corrected chi connectivity index (χ2v) is 7.62. The van der Waals surface area contributed by atoms with Gasteiger partial charge in [-0.05, 0) is 53.9 Å². The van der Waals surface area contributed by atoms with Crippen LogP contribution >= 0.6 is 15.9 Å². The average molecular weight is 341 g/mol. The lowest BCUT2D eigenvalue weighted by atomic mass is 9.75. The van der Waals surface area contributed by atoms with E-state index in [0.717, 1.165) is 30.4 Å². The highest BCUT2D eigenvalue weighted by Gasteiger charge is 2.29. The minimum Gasteiger partial charge on any atom is -0.324 e. The van der Waals surface area contributed by atoms with Gasteiger partial charge in [-0.15, -0.1) is 0 Å².